The van der Waals surface area contributed by atoms with Crippen LogP contribution in [0.1, 0.15) is 27.2 Å². The standard InChI is InChI=1S/C19H15ClF3N3O/c1-12-2-4-13(5-3-12)10-24-18(27)16-11-25-26(17(16)19(21,22)23)15-8-6-14(20)7-9-15/h2-9,11H,10H2,1H3,(H,24,27). The van der Waals surface area contributed by atoms with Crippen LogP contribution in [0.3, 0.4) is 0 Å². The average Bonchev–Trinajstić information content (AvgIpc) is 3.07. The third-order valence-electron chi connectivity index (χ3n) is 3.93. The fourth-order valence-corrected chi connectivity index (χ4v) is 2.67. The van der Waals surface area contributed by atoms with E-state index in [0.29, 0.717) is 9.70 Å². The number of nitrogens with one attached hydrogen (secondary N) is 1. The highest BCUT2D eigenvalue weighted by Gasteiger charge is 2.40. The van der Waals surface area contributed by atoms with Crippen LogP contribution in [-0.4, -0.2) is 15.7 Å². The second-order valence-electron chi connectivity index (χ2n) is 5.96. The lowest BCUT2D eigenvalue weighted by Crippen LogP contribution is -2.26. The number of nitrogens with zero attached hydrogens (tertiary/aromatic N) is 2. The predicted molar refractivity (Wildman–Crippen MR) is 95.9 cm³/mol. The zero-order valence-electron chi connectivity index (χ0n) is 14.2. The highest BCUT2D eigenvalue weighted by molar-refractivity contribution is 6.30. The number of hydrogen-bond acceptors (Lipinski definition) is 2. The molecular weight excluding hydrogens is 379 g/mol. The minimum absolute atomic E-state index is 0.114. The molecule has 140 valence electrons. The van der Waals surface area contributed by atoms with Crippen molar-refractivity contribution < 1.29 is 18.0 Å². The Labute approximate surface area is 158 Å². The van der Waals surface area contributed by atoms with E-state index < -0.39 is 23.3 Å². The Hall–Kier alpha value is -2.80. The number of carbonyl (C=O) groups excluding carboxylic acids is 1. The van der Waals surface area contributed by atoms with Crippen molar-refractivity contribution in [3.8, 4) is 5.69 Å². The van der Waals surface area contributed by atoms with Crippen LogP contribution < -0.4 is 5.32 Å². The summed E-state index contributed by atoms with van der Waals surface area (Å²) < 4.78 is 41.5. The van der Waals surface area contributed by atoms with Gasteiger partial charge in [0.2, 0.25) is 0 Å². The van der Waals surface area contributed by atoms with Crippen molar-refractivity contribution in [3.63, 3.8) is 0 Å². The van der Waals surface area contributed by atoms with Gasteiger partial charge in [0.05, 0.1) is 17.4 Å². The number of alkyl halides is 3. The van der Waals surface area contributed by atoms with Gasteiger partial charge >= 0.3 is 6.18 Å². The van der Waals surface area contributed by atoms with Gasteiger partial charge in [0, 0.05) is 11.6 Å². The maximum absolute atomic E-state index is 13.6. The van der Waals surface area contributed by atoms with Crippen LogP contribution in [0.15, 0.2) is 54.7 Å². The van der Waals surface area contributed by atoms with Gasteiger partial charge in [-0.25, -0.2) is 4.68 Å². The molecule has 27 heavy (non-hydrogen) atoms. The third kappa shape index (κ3) is 4.31. The van der Waals surface area contributed by atoms with Crippen LogP contribution >= 0.6 is 11.6 Å². The molecule has 2 aromatic carbocycles. The number of aryl methyl sites for hydroxylation is 1. The second kappa shape index (κ2) is 7.44. The van der Waals surface area contributed by atoms with E-state index in [1.165, 1.54) is 24.3 Å². The first-order valence-electron chi connectivity index (χ1n) is 8.00. The van der Waals surface area contributed by atoms with E-state index in [1.807, 2.05) is 19.1 Å². The van der Waals surface area contributed by atoms with E-state index in [1.54, 1.807) is 12.1 Å². The Morgan fingerprint density at radius 3 is 2.33 bits per heavy atom. The van der Waals surface area contributed by atoms with Crippen molar-refractivity contribution in [1.29, 1.82) is 0 Å². The number of amides is 1. The lowest BCUT2D eigenvalue weighted by molar-refractivity contribution is -0.143. The number of hydrogen-bond donors (Lipinski definition) is 1. The monoisotopic (exact) mass is 393 g/mol. The lowest BCUT2D eigenvalue weighted by Gasteiger charge is -2.13. The topological polar surface area (TPSA) is 46.9 Å². The summed E-state index contributed by atoms with van der Waals surface area (Å²) in [7, 11) is 0. The normalized spacial score (nSPS) is 11.4. The van der Waals surface area contributed by atoms with E-state index >= 15 is 0 Å². The Bertz CT molecular complexity index is 948. The number of carbonyl (C=O) groups is 1. The minimum Gasteiger partial charge on any atom is -0.348 e. The zero-order valence-corrected chi connectivity index (χ0v) is 15.0. The summed E-state index contributed by atoms with van der Waals surface area (Å²) >= 11 is 5.78. The maximum Gasteiger partial charge on any atom is 0.434 e. The first kappa shape index (κ1) is 19.0. The SMILES string of the molecule is Cc1ccc(CNC(=O)c2cnn(-c3ccc(Cl)cc3)c2C(F)(F)F)cc1. The number of rotatable bonds is 4. The number of benzene rings is 2. The minimum atomic E-state index is -4.76. The number of aromatic nitrogens is 2. The molecule has 1 aromatic heterocycles. The Morgan fingerprint density at radius 1 is 1.11 bits per heavy atom. The van der Waals surface area contributed by atoms with Crippen LogP contribution in [0.2, 0.25) is 5.02 Å². The van der Waals surface area contributed by atoms with E-state index in [9.17, 15) is 18.0 Å². The molecule has 0 unspecified atom stereocenters. The van der Waals surface area contributed by atoms with E-state index in [0.717, 1.165) is 17.3 Å². The van der Waals surface area contributed by atoms with Crippen molar-refractivity contribution >= 4 is 17.5 Å². The molecule has 0 atom stereocenters. The zero-order chi connectivity index (χ0) is 19.6. The molecular formula is C19H15ClF3N3O. The Morgan fingerprint density at radius 2 is 1.74 bits per heavy atom. The van der Waals surface area contributed by atoms with Crippen LogP contribution in [0, 0.1) is 6.92 Å². The summed E-state index contributed by atoms with van der Waals surface area (Å²) in [4.78, 5) is 12.4. The molecule has 1 N–H and O–H groups in total. The highest BCUT2D eigenvalue weighted by Crippen LogP contribution is 2.33. The van der Waals surface area contributed by atoms with Crippen molar-refractivity contribution in [1.82, 2.24) is 15.1 Å². The molecule has 0 aliphatic carbocycles. The largest absolute Gasteiger partial charge is 0.434 e. The fourth-order valence-electron chi connectivity index (χ4n) is 2.55. The molecule has 4 nitrogen and oxygen atoms in total. The van der Waals surface area contributed by atoms with Gasteiger partial charge in [0.1, 0.15) is 0 Å². The summed E-state index contributed by atoms with van der Waals surface area (Å²) in [6.07, 6.45) is -3.84. The van der Waals surface area contributed by atoms with E-state index in [4.69, 9.17) is 11.6 Å². The number of halogens is 4. The predicted octanol–water partition coefficient (Wildman–Crippen LogP) is 4.78. The van der Waals surface area contributed by atoms with Gasteiger partial charge in [0.15, 0.2) is 5.69 Å². The fraction of sp³-hybridized carbons (Fsp3) is 0.158. The molecule has 3 rings (SSSR count). The molecule has 0 saturated heterocycles. The van der Waals surface area contributed by atoms with E-state index in [2.05, 4.69) is 10.4 Å². The molecule has 0 aliphatic rings. The van der Waals surface area contributed by atoms with Gasteiger partial charge in [0.25, 0.3) is 5.91 Å². The summed E-state index contributed by atoms with van der Waals surface area (Å²) in [6, 6.07) is 13.0. The molecule has 3 aromatic rings. The molecule has 8 heteroatoms. The van der Waals surface area contributed by atoms with Crippen molar-refractivity contribution in [2.24, 2.45) is 0 Å². The quantitative estimate of drug-likeness (QED) is 0.693. The van der Waals surface area contributed by atoms with Crippen LogP contribution in [-0.2, 0) is 12.7 Å². The highest BCUT2D eigenvalue weighted by atomic mass is 35.5. The smallest absolute Gasteiger partial charge is 0.348 e. The van der Waals surface area contributed by atoms with Gasteiger partial charge < -0.3 is 5.32 Å². The molecule has 0 radical (unpaired) electrons. The van der Waals surface area contributed by atoms with Crippen molar-refractivity contribution in [2.75, 3.05) is 0 Å². The average molecular weight is 394 g/mol. The van der Waals surface area contributed by atoms with Crippen LogP contribution in [0.4, 0.5) is 13.2 Å². The summed E-state index contributed by atoms with van der Waals surface area (Å²) in [5.41, 5.74) is 0.321. The molecule has 0 spiro atoms. The maximum atomic E-state index is 13.6. The van der Waals surface area contributed by atoms with Crippen LogP contribution in [0.5, 0.6) is 0 Å². The van der Waals surface area contributed by atoms with Crippen molar-refractivity contribution in [3.05, 3.63) is 82.1 Å². The summed E-state index contributed by atoms with van der Waals surface area (Å²) in [5, 5.41) is 6.66. The van der Waals surface area contributed by atoms with Gasteiger partial charge in [-0.15, -0.1) is 0 Å². The molecule has 0 aliphatic heterocycles. The van der Waals surface area contributed by atoms with Crippen molar-refractivity contribution in [2.45, 2.75) is 19.6 Å². The first-order valence-corrected chi connectivity index (χ1v) is 8.38. The Kier molecular flexibility index (Phi) is 5.23. The third-order valence-corrected chi connectivity index (χ3v) is 4.18. The van der Waals surface area contributed by atoms with Gasteiger partial charge in [-0.3, -0.25) is 4.79 Å². The second-order valence-corrected chi connectivity index (χ2v) is 6.40. The van der Waals surface area contributed by atoms with Gasteiger partial charge in [-0.1, -0.05) is 41.4 Å². The molecule has 1 amide bonds. The Balaban J connectivity index is 1.89. The molecule has 0 bridgehead atoms. The summed E-state index contributed by atoms with van der Waals surface area (Å²) in [6.45, 7) is 2.03. The van der Waals surface area contributed by atoms with Gasteiger partial charge in [-0.2, -0.15) is 18.3 Å². The van der Waals surface area contributed by atoms with Crippen LogP contribution in [0.25, 0.3) is 5.69 Å². The summed E-state index contributed by atoms with van der Waals surface area (Å²) in [5.74, 6) is -0.844. The lowest BCUT2D eigenvalue weighted by atomic mass is 10.1. The van der Waals surface area contributed by atoms with E-state index in [-0.39, 0.29) is 12.2 Å². The first-order chi connectivity index (χ1) is 12.8. The van der Waals surface area contributed by atoms with Gasteiger partial charge in [-0.05, 0) is 36.8 Å². The molecule has 0 saturated carbocycles. The molecule has 1 heterocycles. The molecule has 0 fully saturated rings.